The molecule has 0 unspecified atom stereocenters. The molecule has 4 heteroatoms. The molecular formula is C16H14O3S. The first-order chi connectivity index (χ1) is 9.72. The minimum absolute atomic E-state index is 0.311. The molecule has 2 heterocycles. The van der Waals surface area contributed by atoms with Gasteiger partial charge in [0.25, 0.3) is 0 Å². The summed E-state index contributed by atoms with van der Waals surface area (Å²) in [6.45, 7) is 2.10. The first-order valence-corrected chi connectivity index (χ1v) is 7.30. The second kappa shape index (κ2) is 5.51. The van der Waals surface area contributed by atoms with E-state index in [2.05, 4.69) is 0 Å². The molecule has 0 bridgehead atoms. The first kappa shape index (κ1) is 12.9. The lowest BCUT2D eigenvalue weighted by atomic mass is 10.1. The summed E-state index contributed by atoms with van der Waals surface area (Å²) in [4.78, 5) is 12.4. The largest absolute Gasteiger partial charge is 0.493 e. The van der Waals surface area contributed by atoms with Crippen molar-refractivity contribution in [2.45, 2.75) is 13.3 Å². The summed E-state index contributed by atoms with van der Waals surface area (Å²) in [6, 6.07) is 7.88. The molecule has 0 amide bonds. The van der Waals surface area contributed by atoms with Crippen LogP contribution < -0.4 is 9.47 Å². The quantitative estimate of drug-likeness (QED) is 0.636. The van der Waals surface area contributed by atoms with E-state index < -0.39 is 0 Å². The maximum atomic E-state index is 11.2. The Bertz CT molecular complexity index is 657. The van der Waals surface area contributed by atoms with Crippen LogP contribution in [0.1, 0.15) is 22.9 Å². The molecule has 0 N–H and O–H groups in total. The highest BCUT2D eigenvalue weighted by Crippen LogP contribution is 2.34. The van der Waals surface area contributed by atoms with Crippen LogP contribution in [0.3, 0.4) is 0 Å². The predicted octanol–water partition coefficient (Wildman–Crippen LogP) is 3.78. The highest BCUT2D eigenvalue weighted by Gasteiger charge is 2.16. The number of carbonyl (C=O) groups is 1. The number of hydrogen-bond donors (Lipinski definition) is 0. The van der Waals surface area contributed by atoms with Gasteiger partial charge in [0.1, 0.15) is 11.5 Å². The van der Waals surface area contributed by atoms with Gasteiger partial charge >= 0.3 is 5.97 Å². The monoisotopic (exact) mass is 286 g/mol. The van der Waals surface area contributed by atoms with Crippen molar-refractivity contribution in [3.05, 3.63) is 45.6 Å². The van der Waals surface area contributed by atoms with Crippen molar-refractivity contribution in [3.8, 4) is 11.5 Å². The second-order valence-electron chi connectivity index (χ2n) is 4.54. The lowest BCUT2D eigenvalue weighted by Crippen LogP contribution is -2.03. The molecule has 3 rings (SSSR count). The normalized spacial score (nSPS) is 13.2. The number of carbonyl (C=O) groups excluding carboxylic acids is 1. The predicted molar refractivity (Wildman–Crippen MR) is 80.2 cm³/mol. The van der Waals surface area contributed by atoms with Gasteiger partial charge in [-0.3, -0.25) is 4.79 Å². The maximum Gasteiger partial charge on any atom is 0.308 e. The van der Waals surface area contributed by atoms with E-state index in [0.29, 0.717) is 12.4 Å². The molecule has 0 aliphatic carbocycles. The zero-order chi connectivity index (χ0) is 13.9. The Kier molecular flexibility index (Phi) is 3.56. The minimum atomic E-state index is -0.311. The van der Waals surface area contributed by atoms with Gasteiger partial charge in [0, 0.05) is 29.3 Å². The highest BCUT2D eigenvalue weighted by molar-refractivity contribution is 7.10. The van der Waals surface area contributed by atoms with Crippen LogP contribution in [-0.4, -0.2) is 12.6 Å². The molecule has 102 valence electrons. The second-order valence-corrected chi connectivity index (χ2v) is 5.52. The Morgan fingerprint density at radius 1 is 1.40 bits per heavy atom. The minimum Gasteiger partial charge on any atom is -0.493 e. The fraction of sp³-hybridized carbons (Fsp3) is 0.188. The molecule has 20 heavy (non-hydrogen) atoms. The van der Waals surface area contributed by atoms with Gasteiger partial charge in [-0.05, 0) is 35.7 Å². The summed E-state index contributed by atoms with van der Waals surface area (Å²) in [7, 11) is 0. The van der Waals surface area contributed by atoms with Crippen LogP contribution in [0.2, 0.25) is 0 Å². The lowest BCUT2D eigenvalue weighted by molar-refractivity contribution is -0.131. The van der Waals surface area contributed by atoms with Gasteiger partial charge in [-0.25, -0.2) is 0 Å². The number of benzene rings is 1. The number of ether oxygens (including phenoxy) is 2. The van der Waals surface area contributed by atoms with Crippen molar-refractivity contribution in [2.24, 2.45) is 0 Å². The van der Waals surface area contributed by atoms with Crippen LogP contribution in [0.25, 0.3) is 12.2 Å². The molecule has 0 spiro atoms. The van der Waals surface area contributed by atoms with Gasteiger partial charge < -0.3 is 9.47 Å². The number of rotatable bonds is 3. The van der Waals surface area contributed by atoms with Crippen molar-refractivity contribution in [1.29, 1.82) is 0 Å². The summed E-state index contributed by atoms with van der Waals surface area (Å²) in [6.07, 6.45) is 4.82. The standard InChI is InChI=1S/C16H14O3S/c1-11(17)19-16-10-13-6-7-18-15(13)9-12(16)4-5-14-3-2-8-20-14/h2-5,8-10H,6-7H2,1H3. The number of hydrogen-bond acceptors (Lipinski definition) is 4. The highest BCUT2D eigenvalue weighted by atomic mass is 32.1. The molecule has 1 aliphatic heterocycles. The summed E-state index contributed by atoms with van der Waals surface area (Å²) in [5.74, 6) is 1.16. The van der Waals surface area contributed by atoms with Crippen LogP contribution >= 0.6 is 11.3 Å². The van der Waals surface area contributed by atoms with Gasteiger partial charge in [0.2, 0.25) is 0 Å². The summed E-state index contributed by atoms with van der Waals surface area (Å²) in [5.41, 5.74) is 1.95. The van der Waals surface area contributed by atoms with Crippen molar-refractivity contribution < 1.29 is 14.3 Å². The summed E-state index contributed by atoms with van der Waals surface area (Å²) >= 11 is 1.66. The topological polar surface area (TPSA) is 35.5 Å². The molecule has 0 saturated heterocycles. The van der Waals surface area contributed by atoms with E-state index in [9.17, 15) is 4.79 Å². The van der Waals surface area contributed by atoms with Crippen LogP contribution in [0.4, 0.5) is 0 Å². The van der Waals surface area contributed by atoms with Crippen molar-refractivity contribution in [2.75, 3.05) is 6.61 Å². The van der Waals surface area contributed by atoms with E-state index in [-0.39, 0.29) is 5.97 Å². The molecule has 1 aromatic carbocycles. The van der Waals surface area contributed by atoms with Crippen LogP contribution in [0.15, 0.2) is 29.6 Å². The lowest BCUT2D eigenvalue weighted by Gasteiger charge is -2.08. The average Bonchev–Trinajstić information content (AvgIpc) is 3.05. The third-order valence-electron chi connectivity index (χ3n) is 3.05. The van der Waals surface area contributed by atoms with Crippen LogP contribution in [0.5, 0.6) is 11.5 Å². The number of thiophene rings is 1. The fourth-order valence-corrected chi connectivity index (χ4v) is 2.77. The van der Waals surface area contributed by atoms with Gasteiger partial charge in [-0.2, -0.15) is 0 Å². The molecule has 0 saturated carbocycles. The van der Waals surface area contributed by atoms with Crippen LogP contribution in [0, 0.1) is 0 Å². The van der Waals surface area contributed by atoms with Crippen molar-refractivity contribution >= 4 is 29.5 Å². The van der Waals surface area contributed by atoms with Crippen molar-refractivity contribution in [3.63, 3.8) is 0 Å². The third kappa shape index (κ3) is 2.75. The van der Waals surface area contributed by atoms with Gasteiger partial charge in [-0.15, -0.1) is 11.3 Å². The molecular weight excluding hydrogens is 272 g/mol. The zero-order valence-corrected chi connectivity index (χ0v) is 11.9. The van der Waals surface area contributed by atoms with Gasteiger partial charge in [0.05, 0.1) is 6.61 Å². The SMILES string of the molecule is CC(=O)Oc1cc2c(cc1C=Cc1cccs1)OCC2. The van der Waals surface area contributed by atoms with Gasteiger partial charge in [0.15, 0.2) is 0 Å². The van der Waals surface area contributed by atoms with E-state index in [1.54, 1.807) is 11.3 Å². The molecule has 2 aromatic rings. The Morgan fingerprint density at radius 3 is 3.05 bits per heavy atom. The molecule has 1 aromatic heterocycles. The Morgan fingerprint density at radius 2 is 2.30 bits per heavy atom. The molecule has 0 fully saturated rings. The number of fused-ring (bicyclic) bond motifs is 1. The molecule has 0 atom stereocenters. The maximum absolute atomic E-state index is 11.2. The molecule has 3 nitrogen and oxygen atoms in total. The van der Waals surface area contributed by atoms with E-state index in [0.717, 1.165) is 28.2 Å². The number of esters is 1. The molecule has 1 aliphatic rings. The summed E-state index contributed by atoms with van der Waals surface area (Å²) < 4.78 is 10.9. The van der Waals surface area contributed by atoms with E-state index in [1.165, 1.54) is 6.92 Å². The Balaban J connectivity index is 1.97. The Hall–Kier alpha value is -2.07. The summed E-state index contributed by atoms with van der Waals surface area (Å²) in [5, 5.41) is 2.03. The zero-order valence-electron chi connectivity index (χ0n) is 11.1. The van der Waals surface area contributed by atoms with E-state index in [1.807, 2.05) is 41.8 Å². The third-order valence-corrected chi connectivity index (χ3v) is 3.88. The van der Waals surface area contributed by atoms with E-state index in [4.69, 9.17) is 9.47 Å². The average molecular weight is 286 g/mol. The first-order valence-electron chi connectivity index (χ1n) is 6.42. The Labute approximate surface area is 121 Å². The fourth-order valence-electron chi connectivity index (χ4n) is 2.15. The van der Waals surface area contributed by atoms with Gasteiger partial charge in [-0.1, -0.05) is 6.07 Å². The van der Waals surface area contributed by atoms with E-state index >= 15 is 0 Å². The van der Waals surface area contributed by atoms with Crippen molar-refractivity contribution in [1.82, 2.24) is 0 Å². The smallest absolute Gasteiger partial charge is 0.308 e. The molecule has 0 radical (unpaired) electrons. The van der Waals surface area contributed by atoms with Crippen LogP contribution in [-0.2, 0) is 11.2 Å².